The number of carbonyl (C=O) groups excluding carboxylic acids is 1. The molecule has 1 rings (SSSR count). The average Bonchev–Trinajstić information content (AvgIpc) is 1.86. The predicted octanol–water partition coefficient (Wildman–Crippen LogP) is 0.244. The molecule has 4 nitrogen and oxygen atoms in total. The Morgan fingerprint density at radius 1 is 1.64 bits per heavy atom. The fraction of sp³-hybridized carbons (Fsp3) is 0.857. The summed E-state index contributed by atoms with van der Waals surface area (Å²) in [6.07, 6.45) is 2.20. The van der Waals surface area contributed by atoms with Crippen molar-refractivity contribution in [2.24, 2.45) is 11.1 Å². The summed E-state index contributed by atoms with van der Waals surface area (Å²) in [5.41, 5.74) is 4.62. The Balaban J connectivity index is 2.27. The first-order valence-corrected chi connectivity index (χ1v) is 3.72. The third-order valence-electron chi connectivity index (χ3n) is 2.27. The molecular formula is C7H13NO3. The maximum absolute atomic E-state index is 10.2. The van der Waals surface area contributed by atoms with Gasteiger partial charge in [-0.1, -0.05) is 6.42 Å². The lowest BCUT2D eigenvalue weighted by molar-refractivity contribution is -0.0149. The molecule has 0 spiro atoms. The van der Waals surface area contributed by atoms with E-state index >= 15 is 0 Å². The van der Waals surface area contributed by atoms with E-state index in [1.54, 1.807) is 0 Å². The van der Waals surface area contributed by atoms with Gasteiger partial charge < -0.3 is 15.6 Å². The van der Waals surface area contributed by atoms with Crippen LogP contribution in [-0.2, 0) is 4.74 Å². The number of rotatable bonds is 3. The minimum absolute atomic E-state index is 0.0836. The van der Waals surface area contributed by atoms with Crippen LogP contribution in [0.4, 0.5) is 4.79 Å². The lowest BCUT2D eigenvalue weighted by Crippen LogP contribution is -2.39. The van der Waals surface area contributed by atoms with Gasteiger partial charge in [0.25, 0.3) is 0 Å². The number of nitrogens with two attached hydrogens (primary N) is 1. The minimum Gasteiger partial charge on any atom is -0.449 e. The highest BCUT2D eigenvalue weighted by Gasteiger charge is 2.37. The van der Waals surface area contributed by atoms with Crippen molar-refractivity contribution in [3.63, 3.8) is 0 Å². The zero-order valence-corrected chi connectivity index (χ0v) is 6.38. The first-order valence-electron chi connectivity index (χ1n) is 3.72. The molecule has 0 saturated heterocycles. The third kappa shape index (κ3) is 1.83. The van der Waals surface area contributed by atoms with E-state index in [1.807, 2.05) is 0 Å². The highest BCUT2D eigenvalue weighted by atomic mass is 16.5. The molecule has 0 aromatic rings. The maximum Gasteiger partial charge on any atom is 0.404 e. The Bertz CT molecular complexity index is 148. The first kappa shape index (κ1) is 8.33. The summed E-state index contributed by atoms with van der Waals surface area (Å²) in [5, 5.41) is 8.92. The van der Waals surface area contributed by atoms with Gasteiger partial charge in [0.05, 0.1) is 6.61 Å². The van der Waals surface area contributed by atoms with Crippen LogP contribution in [0.2, 0.25) is 0 Å². The van der Waals surface area contributed by atoms with Gasteiger partial charge in [0.1, 0.15) is 6.61 Å². The van der Waals surface area contributed by atoms with Gasteiger partial charge in [0.15, 0.2) is 0 Å². The summed E-state index contributed by atoms with van der Waals surface area (Å²) >= 11 is 0. The van der Waals surface area contributed by atoms with Crippen molar-refractivity contribution in [2.45, 2.75) is 19.3 Å². The molecule has 0 atom stereocenters. The van der Waals surface area contributed by atoms with Gasteiger partial charge in [0, 0.05) is 5.41 Å². The Morgan fingerprint density at radius 3 is 2.55 bits per heavy atom. The van der Waals surface area contributed by atoms with E-state index in [9.17, 15) is 4.79 Å². The van der Waals surface area contributed by atoms with E-state index in [1.165, 1.54) is 0 Å². The second-order valence-electron chi connectivity index (χ2n) is 3.12. The first-order chi connectivity index (χ1) is 5.18. The molecule has 1 saturated carbocycles. The van der Waals surface area contributed by atoms with E-state index in [2.05, 4.69) is 4.74 Å². The van der Waals surface area contributed by atoms with E-state index in [0.29, 0.717) is 0 Å². The molecule has 0 aromatic carbocycles. The standard InChI is InChI=1S/C7H13NO3/c8-6(10)11-5-7(4-9)2-1-3-7/h9H,1-5H2,(H2,8,10). The Kier molecular flexibility index (Phi) is 2.34. The Hall–Kier alpha value is -0.770. The number of primary amides is 1. The average molecular weight is 159 g/mol. The highest BCUT2D eigenvalue weighted by molar-refractivity contribution is 5.64. The van der Waals surface area contributed by atoms with Crippen molar-refractivity contribution in [2.75, 3.05) is 13.2 Å². The molecule has 64 valence electrons. The molecule has 1 aliphatic rings. The smallest absolute Gasteiger partial charge is 0.404 e. The molecule has 1 fully saturated rings. The normalized spacial score (nSPS) is 20.5. The van der Waals surface area contributed by atoms with Gasteiger partial charge in [-0.25, -0.2) is 4.79 Å². The van der Waals surface area contributed by atoms with Gasteiger partial charge in [0.2, 0.25) is 0 Å². The molecule has 0 unspecified atom stereocenters. The summed E-state index contributed by atoms with van der Waals surface area (Å²) in [5.74, 6) is 0. The number of aliphatic hydroxyl groups is 1. The van der Waals surface area contributed by atoms with Crippen LogP contribution in [-0.4, -0.2) is 24.4 Å². The lowest BCUT2D eigenvalue weighted by atomic mass is 9.70. The topological polar surface area (TPSA) is 72.6 Å². The molecule has 3 N–H and O–H groups in total. The molecule has 0 radical (unpaired) electrons. The second-order valence-corrected chi connectivity index (χ2v) is 3.12. The maximum atomic E-state index is 10.2. The molecule has 1 amide bonds. The fourth-order valence-corrected chi connectivity index (χ4v) is 1.25. The number of carbonyl (C=O) groups is 1. The van der Waals surface area contributed by atoms with Crippen molar-refractivity contribution in [1.82, 2.24) is 0 Å². The van der Waals surface area contributed by atoms with Gasteiger partial charge in [-0.15, -0.1) is 0 Å². The number of aliphatic hydroxyl groups excluding tert-OH is 1. The zero-order valence-electron chi connectivity index (χ0n) is 6.38. The van der Waals surface area contributed by atoms with Crippen LogP contribution < -0.4 is 5.73 Å². The van der Waals surface area contributed by atoms with Gasteiger partial charge in [-0.3, -0.25) is 0 Å². The molecule has 0 aromatic heterocycles. The molecule has 1 aliphatic carbocycles. The predicted molar refractivity (Wildman–Crippen MR) is 38.9 cm³/mol. The molecule has 0 aliphatic heterocycles. The molecule has 0 heterocycles. The van der Waals surface area contributed by atoms with E-state index < -0.39 is 6.09 Å². The largest absolute Gasteiger partial charge is 0.449 e. The van der Waals surface area contributed by atoms with Crippen LogP contribution in [0.3, 0.4) is 0 Å². The Labute approximate surface area is 65.3 Å². The summed E-state index contributed by atoms with van der Waals surface area (Å²) in [7, 11) is 0. The van der Waals surface area contributed by atoms with E-state index in [4.69, 9.17) is 10.8 Å². The lowest BCUT2D eigenvalue weighted by Gasteiger charge is -2.39. The van der Waals surface area contributed by atoms with Crippen molar-refractivity contribution < 1.29 is 14.6 Å². The van der Waals surface area contributed by atoms with Crippen molar-refractivity contribution in [1.29, 1.82) is 0 Å². The minimum atomic E-state index is -0.760. The summed E-state index contributed by atoms with van der Waals surface area (Å²) in [6, 6.07) is 0. The summed E-state index contributed by atoms with van der Waals surface area (Å²) < 4.78 is 4.62. The Morgan fingerprint density at radius 2 is 2.27 bits per heavy atom. The van der Waals surface area contributed by atoms with Gasteiger partial charge >= 0.3 is 6.09 Å². The number of hydrogen-bond donors (Lipinski definition) is 2. The van der Waals surface area contributed by atoms with Crippen LogP contribution in [0.5, 0.6) is 0 Å². The van der Waals surface area contributed by atoms with Crippen LogP contribution in [0.15, 0.2) is 0 Å². The molecular weight excluding hydrogens is 146 g/mol. The SMILES string of the molecule is NC(=O)OCC1(CO)CCC1. The quantitative estimate of drug-likeness (QED) is 0.619. The van der Waals surface area contributed by atoms with E-state index in [-0.39, 0.29) is 18.6 Å². The highest BCUT2D eigenvalue weighted by Crippen LogP contribution is 2.40. The van der Waals surface area contributed by atoms with Crippen molar-refractivity contribution in [3.05, 3.63) is 0 Å². The van der Waals surface area contributed by atoms with Crippen LogP contribution in [0, 0.1) is 5.41 Å². The zero-order chi connectivity index (χ0) is 8.32. The molecule has 4 heteroatoms. The van der Waals surface area contributed by atoms with Gasteiger partial charge in [-0.2, -0.15) is 0 Å². The molecule has 11 heavy (non-hydrogen) atoms. The second kappa shape index (κ2) is 3.09. The third-order valence-corrected chi connectivity index (χ3v) is 2.27. The van der Waals surface area contributed by atoms with Crippen LogP contribution >= 0.6 is 0 Å². The van der Waals surface area contributed by atoms with Gasteiger partial charge in [-0.05, 0) is 12.8 Å². The fourth-order valence-electron chi connectivity index (χ4n) is 1.25. The van der Waals surface area contributed by atoms with Crippen molar-refractivity contribution in [3.8, 4) is 0 Å². The monoisotopic (exact) mass is 159 g/mol. The van der Waals surface area contributed by atoms with Crippen LogP contribution in [0.1, 0.15) is 19.3 Å². The van der Waals surface area contributed by atoms with Crippen molar-refractivity contribution >= 4 is 6.09 Å². The number of amides is 1. The number of ether oxygens (including phenoxy) is 1. The van der Waals surface area contributed by atoms with Crippen LogP contribution in [0.25, 0.3) is 0 Å². The van der Waals surface area contributed by atoms with E-state index in [0.717, 1.165) is 19.3 Å². The number of hydrogen-bond acceptors (Lipinski definition) is 3. The summed E-state index contributed by atoms with van der Waals surface area (Å²) in [4.78, 5) is 10.2. The summed E-state index contributed by atoms with van der Waals surface area (Å²) in [6.45, 7) is 0.346. The molecule has 0 bridgehead atoms.